The largest absolute Gasteiger partial charge is 0.480 e. The van der Waals surface area contributed by atoms with Crippen LogP contribution in [-0.2, 0) is 15.9 Å². The van der Waals surface area contributed by atoms with Crippen LogP contribution in [0.5, 0.6) is 0 Å². The van der Waals surface area contributed by atoms with Crippen LogP contribution in [0.1, 0.15) is 19.4 Å². The third-order valence-corrected chi connectivity index (χ3v) is 2.06. The standard InChI is InChI=1S/C13H18N2O3/c1-3-17-12(14-15-13(16)18-4-2)10-11-8-6-5-7-9-11/h5-9H,3-4,10H2,1-2H3,(H,15,16)/b14-12-. The van der Waals surface area contributed by atoms with E-state index in [1.807, 2.05) is 37.3 Å². The Hall–Kier alpha value is -2.04. The lowest BCUT2D eigenvalue weighted by atomic mass is 10.1. The van der Waals surface area contributed by atoms with E-state index in [9.17, 15) is 4.79 Å². The lowest BCUT2D eigenvalue weighted by Crippen LogP contribution is -2.22. The first-order valence-electron chi connectivity index (χ1n) is 5.92. The third-order valence-electron chi connectivity index (χ3n) is 2.06. The van der Waals surface area contributed by atoms with Crippen LogP contribution in [0.25, 0.3) is 0 Å². The summed E-state index contributed by atoms with van der Waals surface area (Å²) in [5.74, 6) is 0.455. The molecule has 98 valence electrons. The van der Waals surface area contributed by atoms with Crippen molar-refractivity contribution in [3.05, 3.63) is 35.9 Å². The van der Waals surface area contributed by atoms with Gasteiger partial charge >= 0.3 is 6.09 Å². The molecule has 0 spiro atoms. The Kier molecular flexibility index (Phi) is 6.32. The highest BCUT2D eigenvalue weighted by Crippen LogP contribution is 2.01. The summed E-state index contributed by atoms with van der Waals surface area (Å²) in [5.41, 5.74) is 3.36. The molecule has 5 nitrogen and oxygen atoms in total. The van der Waals surface area contributed by atoms with Gasteiger partial charge in [0, 0.05) is 0 Å². The number of carbonyl (C=O) groups is 1. The Morgan fingerprint density at radius 3 is 2.44 bits per heavy atom. The van der Waals surface area contributed by atoms with Gasteiger partial charge in [0.05, 0.1) is 19.6 Å². The first-order valence-corrected chi connectivity index (χ1v) is 5.92. The molecule has 0 unspecified atom stereocenters. The molecule has 1 amide bonds. The Balaban J connectivity index is 2.59. The van der Waals surface area contributed by atoms with E-state index >= 15 is 0 Å². The fourth-order valence-corrected chi connectivity index (χ4v) is 1.33. The smallest absolute Gasteiger partial charge is 0.427 e. The van der Waals surface area contributed by atoms with Gasteiger partial charge in [0.15, 0.2) is 0 Å². The number of hydrogen-bond acceptors (Lipinski definition) is 4. The first-order chi connectivity index (χ1) is 8.76. The second-order valence-electron chi connectivity index (χ2n) is 3.43. The molecule has 1 rings (SSSR count). The summed E-state index contributed by atoms with van der Waals surface area (Å²) >= 11 is 0. The van der Waals surface area contributed by atoms with Crippen LogP contribution >= 0.6 is 0 Å². The number of carbonyl (C=O) groups excluding carboxylic acids is 1. The topological polar surface area (TPSA) is 59.9 Å². The average Bonchev–Trinajstić information content (AvgIpc) is 2.38. The molecule has 0 atom stereocenters. The predicted octanol–water partition coefficient (Wildman–Crippen LogP) is 2.33. The van der Waals surface area contributed by atoms with Gasteiger partial charge in [-0.25, -0.2) is 10.2 Å². The number of amides is 1. The van der Waals surface area contributed by atoms with E-state index in [1.54, 1.807) is 6.92 Å². The van der Waals surface area contributed by atoms with Gasteiger partial charge in [0.1, 0.15) is 0 Å². The Morgan fingerprint density at radius 1 is 1.17 bits per heavy atom. The van der Waals surface area contributed by atoms with E-state index in [0.29, 0.717) is 25.5 Å². The molecule has 0 fully saturated rings. The number of nitrogens with zero attached hydrogens (tertiary/aromatic N) is 1. The first kappa shape index (κ1) is 14.0. The Labute approximate surface area is 107 Å². The van der Waals surface area contributed by atoms with Gasteiger partial charge in [-0.15, -0.1) is 5.10 Å². The number of nitrogens with one attached hydrogen (secondary N) is 1. The molecule has 0 aromatic heterocycles. The van der Waals surface area contributed by atoms with Crippen LogP contribution in [0.2, 0.25) is 0 Å². The van der Waals surface area contributed by atoms with Gasteiger partial charge in [-0.2, -0.15) is 0 Å². The molecule has 0 aliphatic rings. The van der Waals surface area contributed by atoms with Gasteiger partial charge in [-0.1, -0.05) is 30.3 Å². The molecule has 0 saturated carbocycles. The second kappa shape index (κ2) is 8.11. The molecule has 1 aromatic carbocycles. The van der Waals surface area contributed by atoms with Crippen molar-refractivity contribution in [3.63, 3.8) is 0 Å². The fraction of sp³-hybridized carbons (Fsp3) is 0.385. The van der Waals surface area contributed by atoms with Crippen LogP contribution in [0.15, 0.2) is 35.4 Å². The average molecular weight is 250 g/mol. The van der Waals surface area contributed by atoms with Crippen LogP contribution in [-0.4, -0.2) is 25.2 Å². The molecular formula is C13H18N2O3. The second-order valence-corrected chi connectivity index (χ2v) is 3.43. The predicted molar refractivity (Wildman–Crippen MR) is 69.4 cm³/mol. The van der Waals surface area contributed by atoms with Crippen molar-refractivity contribution in [3.8, 4) is 0 Å². The fourth-order valence-electron chi connectivity index (χ4n) is 1.33. The summed E-state index contributed by atoms with van der Waals surface area (Å²) in [6, 6.07) is 9.77. The maximum absolute atomic E-state index is 11.1. The molecule has 0 radical (unpaired) electrons. The molecular weight excluding hydrogens is 232 g/mol. The molecule has 0 heterocycles. The van der Waals surface area contributed by atoms with E-state index in [2.05, 4.69) is 10.5 Å². The van der Waals surface area contributed by atoms with Crippen LogP contribution in [0.3, 0.4) is 0 Å². The zero-order valence-corrected chi connectivity index (χ0v) is 10.7. The minimum atomic E-state index is -0.581. The summed E-state index contributed by atoms with van der Waals surface area (Å²) in [5, 5.41) is 3.90. The minimum Gasteiger partial charge on any atom is -0.480 e. The van der Waals surface area contributed by atoms with Crippen molar-refractivity contribution < 1.29 is 14.3 Å². The summed E-state index contributed by atoms with van der Waals surface area (Å²) in [4.78, 5) is 11.1. The van der Waals surface area contributed by atoms with Crippen molar-refractivity contribution in [1.82, 2.24) is 5.43 Å². The number of hydrazone groups is 1. The Bertz CT molecular complexity index is 390. The van der Waals surface area contributed by atoms with Crippen molar-refractivity contribution in [2.75, 3.05) is 13.2 Å². The van der Waals surface area contributed by atoms with Crippen molar-refractivity contribution in [1.29, 1.82) is 0 Å². The van der Waals surface area contributed by atoms with Gasteiger partial charge in [0.25, 0.3) is 0 Å². The number of ether oxygens (including phenoxy) is 2. The molecule has 0 bridgehead atoms. The van der Waals surface area contributed by atoms with Gasteiger partial charge in [-0.05, 0) is 19.4 Å². The monoisotopic (exact) mass is 250 g/mol. The molecule has 1 aromatic rings. The van der Waals surface area contributed by atoms with Crippen LogP contribution in [0.4, 0.5) is 4.79 Å². The summed E-state index contributed by atoms with van der Waals surface area (Å²) in [6.07, 6.45) is -0.0519. The summed E-state index contributed by atoms with van der Waals surface area (Å²) in [7, 11) is 0. The zero-order valence-electron chi connectivity index (χ0n) is 10.7. The van der Waals surface area contributed by atoms with Gasteiger partial charge in [0.2, 0.25) is 5.90 Å². The lowest BCUT2D eigenvalue weighted by molar-refractivity contribution is 0.152. The molecule has 0 aliphatic heterocycles. The quantitative estimate of drug-likeness (QED) is 0.495. The maximum atomic E-state index is 11.1. The molecule has 0 aliphatic carbocycles. The summed E-state index contributed by atoms with van der Waals surface area (Å²) in [6.45, 7) is 4.40. The van der Waals surface area contributed by atoms with Crippen LogP contribution < -0.4 is 5.43 Å². The molecule has 5 heteroatoms. The van der Waals surface area contributed by atoms with Crippen LogP contribution in [0, 0.1) is 0 Å². The van der Waals surface area contributed by atoms with Gasteiger partial charge < -0.3 is 9.47 Å². The van der Waals surface area contributed by atoms with Crippen molar-refractivity contribution in [2.24, 2.45) is 5.10 Å². The highest BCUT2D eigenvalue weighted by Gasteiger charge is 2.04. The van der Waals surface area contributed by atoms with Gasteiger partial charge in [-0.3, -0.25) is 0 Å². The number of hydrogen-bond donors (Lipinski definition) is 1. The molecule has 0 saturated heterocycles. The SMILES string of the molecule is CCOC(=O)N/N=C(/Cc1ccccc1)OCC. The Morgan fingerprint density at radius 2 is 1.83 bits per heavy atom. The highest BCUT2D eigenvalue weighted by atomic mass is 16.6. The van der Waals surface area contributed by atoms with E-state index in [4.69, 9.17) is 9.47 Å². The van der Waals surface area contributed by atoms with E-state index in [0.717, 1.165) is 5.56 Å². The van der Waals surface area contributed by atoms with E-state index < -0.39 is 6.09 Å². The van der Waals surface area contributed by atoms with Crippen molar-refractivity contribution in [2.45, 2.75) is 20.3 Å². The number of benzene rings is 1. The lowest BCUT2D eigenvalue weighted by Gasteiger charge is -2.07. The minimum absolute atomic E-state index is 0.310. The van der Waals surface area contributed by atoms with E-state index in [1.165, 1.54) is 0 Å². The maximum Gasteiger partial charge on any atom is 0.427 e. The molecule has 1 N–H and O–H groups in total. The van der Waals surface area contributed by atoms with E-state index in [-0.39, 0.29) is 0 Å². The third kappa shape index (κ3) is 5.34. The zero-order chi connectivity index (χ0) is 13.2. The highest BCUT2D eigenvalue weighted by molar-refractivity contribution is 5.80. The molecule has 18 heavy (non-hydrogen) atoms. The normalized spacial score (nSPS) is 10.9. The van der Waals surface area contributed by atoms with Crippen molar-refractivity contribution >= 4 is 12.0 Å². The summed E-state index contributed by atoms with van der Waals surface area (Å²) < 4.78 is 10.1. The number of rotatable bonds is 5.